The third-order valence-electron chi connectivity index (χ3n) is 14.8. The van der Waals surface area contributed by atoms with Gasteiger partial charge in [-0.3, -0.25) is 0 Å². The van der Waals surface area contributed by atoms with Crippen LogP contribution >= 0.6 is 0 Å². The molecular weight excluding hydrogens is 833 g/mol. The lowest BCUT2D eigenvalue weighted by atomic mass is 9.77. The number of hydrogen-bond donors (Lipinski definition) is 0. The van der Waals surface area contributed by atoms with Crippen molar-refractivity contribution >= 4 is 65.0 Å². The Morgan fingerprint density at radius 2 is 0.580 bits per heavy atom. The van der Waals surface area contributed by atoms with E-state index in [1.54, 1.807) is 0 Å². The summed E-state index contributed by atoms with van der Waals surface area (Å²) in [7, 11) is 0. The maximum atomic E-state index is 7.23. The summed E-state index contributed by atoms with van der Waals surface area (Å²) in [6.07, 6.45) is 0. The zero-order chi connectivity index (χ0) is 48.4. The summed E-state index contributed by atoms with van der Waals surface area (Å²) in [5.41, 5.74) is 17.0. The first-order chi connectivity index (χ1) is 32.8. The molecule has 0 unspecified atom stereocenters. The van der Waals surface area contributed by atoms with Crippen LogP contribution in [0.3, 0.4) is 0 Å². The highest BCUT2D eigenvalue weighted by molar-refractivity contribution is 6.25. The van der Waals surface area contributed by atoms with Gasteiger partial charge in [-0.15, -0.1) is 0 Å². The SMILES string of the molecule is CC(C)(C)c1cc(-c2c3ccccc3c(-c3ccc4c(c3)oc3c(-c5c6ccccc6c(-c6cc(C(C)(C)C)cc(C(C)(C)C)c6)c6ccccc56)cccc34)c3ccccc23)cc(C(C)(C)C)c1. The van der Waals surface area contributed by atoms with Crippen molar-refractivity contribution in [3.8, 4) is 44.5 Å². The fourth-order valence-electron chi connectivity index (χ4n) is 10.9. The molecule has 1 aromatic heterocycles. The molecule has 1 nitrogen and oxygen atoms in total. The highest BCUT2D eigenvalue weighted by Gasteiger charge is 2.27. The first-order valence-electron chi connectivity index (χ1n) is 24.9. The van der Waals surface area contributed by atoms with Gasteiger partial charge in [0.15, 0.2) is 0 Å². The van der Waals surface area contributed by atoms with Crippen molar-refractivity contribution in [1.82, 2.24) is 0 Å². The average Bonchev–Trinajstić information content (AvgIpc) is 3.69. The smallest absolute Gasteiger partial charge is 0.143 e. The minimum Gasteiger partial charge on any atom is -0.455 e. The number of rotatable bonds is 4. The second kappa shape index (κ2) is 15.8. The molecule has 0 aliphatic heterocycles. The van der Waals surface area contributed by atoms with E-state index in [1.165, 1.54) is 98.7 Å². The van der Waals surface area contributed by atoms with Crippen molar-refractivity contribution in [2.24, 2.45) is 0 Å². The minimum absolute atomic E-state index is 0.00216. The van der Waals surface area contributed by atoms with E-state index in [1.807, 2.05) is 0 Å². The van der Waals surface area contributed by atoms with Gasteiger partial charge in [0.2, 0.25) is 0 Å². The van der Waals surface area contributed by atoms with Gasteiger partial charge in [0.1, 0.15) is 11.2 Å². The van der Waals surface area contributed by atoms with Crippen molar-refractivity contribution in [2.45, 2.75) is 105 Å². The van der Waals surface area contributed by atoms with Gasteiger partial charge < -0.3 is 4.42 Å². The van der Waals surface area contributed by atoms with E-state index in [4.69, 9.17) is 4.42 Å². The Kier molecular flexibility index (Phi) is 10.2. The molecule has 0 saturated carbocycles. The molecule has 0 fully saturated rings. The second-order valence-corrected chi connectivity index (χ2v) is 23.8. The van der Waals surface area contributed by atoms with Gasteiger partial charge in [-0.2, -0.15) is 0 Å². The Hall–Kier alpha value is -6.96. The van der Waals surface area contributed by atoms with Gasteiger partial charge in [-0.1, -0.05) is 241 Å². The van der Waals surface area contributed by atoms with Gasteiger partial charge in [-0.05, 0) is 133 Å². The maximum absolute atomic E-state index is 7.23. The lowest BCUT2D eigenvalue weighted by molar-refractivity contribution is 0.568. The van der Waals surface area contributed by atoms with Crippen LogP contribution in [0.1, 0.15) is 105 Å². The molecule has 0 aliphatic carbocycles. The average molecular weight is 897 g/mol. The summed E-state index contributed by atoms with van der Waals surface area (Å²) in [6.45, 7) is 27.9. The number of para-hydroxylation sites is 1. The lowest BCUT2D eigenvalue weighted by Gasteiger charge is -2.27. The Bertz CT molecular complexity index is 3680. The summed E-state index contributed by atoms with van der Waals surface area (Å²) in [6, 6.07) is 64.2. The molecule has 342 valence electrons. The predicted octanol–water partition coefficient (Wildman–Crippen LogP) is 20.1. The van der Waals surface area contributed by atoms with E-state index >= 15 is 0 Å². The highest BCUT2D eigenvalue weighted by atomic mass is 16.3. The van der Waals surface area contributed by atoms with Crippen molar-refractivity contribution in [2.75, 3.05) is 0 Å². The molecule has 0 spiro atoms. The third kappa shape index (κ3) is 7.53. The molecule has 0 radical (unpaired) electrons. The molecule has 10 aromatic carbocycles. The molecule has 0 saturated heterocycles. The van der Waals surface area contributed by atoms with Gasteiger partial charge in [-0.25, -0.2) is 0 Å². The lowest BCUT2D eigenvalue weighted by Crippen LogP contribution is -2.16. The van der Waals surface area contributed by atoms with Crippen LogP contribution in [0.4, 0.5) is 0 Å². The van der Waals surface area contributed by atoms with Crippen LogP contribution in [-0.2, 0) is 21.7 Å². The molecule has 1 heterocycles. The van der Waals surface area contributed by atoms with Gasteiger partial charge in [0, 0.05) is 21.9 Å². The first-order valence-corrected chi connectivity index (χ1v) is 24.9. The van der Waals surface area contributed by atoms with Crippen molar-refractivity contribution in [3.05, 3.63) is 192 Å². The Morgan fingerprint density at radius 3 is 0.928 bits per heavy atom. The molecule has 11 aromatic rings. The van der Waals surface area contributed by atoms with Crippen LogP contribution in [0.2, 0.25) is 0 Å². The summed E-state index contributed by atoms with van der Waals surface area (Å²) in [5.74, 6) is 0. The quantitative estimate of drug-likeness (QED) is 0.160. The summed E-state index contributed by atoms with van der Waals surface area (Å²) in [4.78, 5) is 0. The van der Waals surface area contributed by atoms with E-state index < -0.39 is 0 Å². The van der Waals surface area contributed by atoms with Crippen LogP contribution in [0.5, 0.6) is 0 Å². The van der Waals surface area contributed by atoms with Crippen LogP contribution in [0, 0.1) is 0 Å². The number of hydrogen-bond acceptors (Lipinski definition) is 1. The third-order valence-corrected chi connectivity index (χ3v) is 14.8. The van der Waals surface area contributed by atoms with Crippen molar-refractivity contribution < 1.29 is 4.42 Å². The van der Waals surface area contributed by atoms with Crippen LogP contribution < -0.4 is 0 Å². The van der Waals surface area contributed by atoms with Crippen molar-refractivity contribution in [3.63, 3.8) is 0 Å². The van der Waals surface area contributed by atoms with E-state index in [9.17, 15) is 0 Å². The van der Waals surface area contributed by atoms with Crippen LogP contribution in [0.25, 0.3) is 110 Å². The highest BCUT2D eigenvalue weighted by Crippen LogP contribution is 2.50. The first kappa shape index (κ1) is 44.5. The fourth-order valence-corrected chi connectivity index (χ4v) is 10.9. The predicted molar refractivity (Wildman–Crippen MR) is 300 cm³/mol. The standard InChI is InChI=1S/C68H64O/c1-65(2,3)44-34-42(35-45(39-44)66(4,5)6)61-51-24-15-13-22-49(51)60(50-23-14-16-25-52(50)61)41-32-33-48-57-30-21-31-58(64(57)69-59(48)38-41)63-55-28-19-17-26-53(55)62(54-27-18-20-29-56(54)63)43-36-46(67(7,8)9)40-47(37-43)68(10,11)12/h13-40H,1-12H3. The molecule has 1 heteroatoms. The summed E-state index contributed by atoms with van der Waals surface area (Å²) >= 11 is 0. The minimum atomic E-state index is -0.00286. The van der Waals surface area contributed by atoms with Gasteiger partial charge in [0.25, 0.3) is 0 Å². The monoisotopic (exact) mass is 896 g/mol. The van der Waals surface area contributed by atoms with Crippen molar-refractivity contribution in [1.29, 1.82) is 0 Å². The maximum Gasteiger partial charge on any atom is 0.143 e. The molecule has 0 aliphatic rings. The Balaban J connectivity index is 1.14. The summed E-state index contributed by atoms with van der Waals surface area (Å²) < 4.78 is 7.23. The Morgan fingerprint density at radius 1 is 0.261 bits per heavy atom. The molecule has 0 N–H and O–H groups in total. The molecule has 11 rings (SSSR count). The number of benzene rings is 10. The normalized spacial score (nSPS) is 12.9. The topological polar surface area (TPSA) is 13.1 Å². The van der Waals surface area contributed by atoms with Gasteiger partial charge >= 0.3 is 0 Å². The van der Waals surface area contributed by atoms with E-state index in [-0.39, 0.29) is 21.7 Å². The van der Waals surface area contributed by atoms with Crippen LogP contribution in [-0.4, -0.2) is 0 Å². The Labute approximate surface area is 408 Å². The zero-order valence-electron chi connectivity index (χ0n) is 42.6. The molecule has 0 amide bonds. The molecule has 0 atom stereocenters. The van der Waals surface area contributed by atoms with Crippen LogP contribution in [0.15, 0.2) is 174 Å². The number of furan rings is 1. The molecular formula is C68H64O. The van der Waals surface area contributed by atoms with E-state index in [0.717, 1.165) is 33.1 Å². The van der Waals surface area contributed by atoms with E-state index in [0.29, 0.717) is 0 Å². The van der Waals surface area contributed by atoms with Gasteiger partial charge in [0.05, 0.1) is 0 Å². The van der Waals surface area contributed by atoms with E-state index in [2.05, 4.69) is 253 Å². The largest absolute Gasteiger partial charge is 0.455 e. The zero-order valence-corrected chi connectivity index (χ0v) is 42.6. The molecule has 0 bridgehead atoms. The number of fused-ring (bicyclic) bond motifs is 7. The summed E-state index contributed by atoms with van der Waals surface area (Å²) in [5, 5.41) is 12.2. The second-order valence-electron chi connectivity index (χ2n) is 23.8. The fraction of sp³-hybridized carbons (Fsp3) is 0.235. The molecule has 69 heavy (non-hydrogen) atoms.